The van der Waals surface area contributed by atoms with Gasteiger partial charge in [-0.2, -0.15) is 0 Å². The van der Waals surface area contributed by atoms with Crippen LogP contribution >= 0.6 is 0 Å². The van der Waals surface area contributed by atoms with Crippen LogP contribution in [0.15, 0.2) is 54.9 Å². The summed E-state index contributed by atoms with van der Waals surface area (Å²) in [5.41, 5.74) is 2.79. The van der Waals surface area contributed by atoms with E-state index in [4.69, 9.17) is 9.47 Å². The highest BCUT2D eigenvalue weighted by molar-refractivity contribution is 6.03. The van der Waals surface area contributed by atoms with Crippen molar-refractivity contribution >= 4 is 23.1 Å². The maximum absolute atomic E-state index is 12.5. The lowest BCUT2D eigenvalue weighted by Gasteiger charge is -2.12. The number of carbonyl (C=O) groups excluding carboxylic acids is 1. The van der Waals surface area contributed by atoms with E-state index in [1.54, 1.807) is 20.3 Å². The molecule has 0 spiro atoms. The molecule has 0 saturated carbocycles. The average Bonchev–Trinajstić information content (AvgIpc) is 2.74. The first-order valence-corrected chi connectivity index (χ1v) is 8.85. The molecule has 0 aliphatic heterocycles. The van der Waals surface area contributed by atoms with Crippen LogP contribution in [0.25, 0.3) is 0 Å². The summed E-state index contributed by atoms with van der Waals surface area (Å²) in [6.45, 7) is 2.04. The van der Waals surface area contributed by atoms with Crippen molar-refractivity contribution in [3.63, 3.8) is 0 Å². The number of amides is 1. The van der Waals surface area contributed by atoms with Crippen LogP contribution in [0.1, 0.15) is 23.0 Å². The number of nitrogens with zero attached hydrogens (tertiary/aromatic N) is 2. The Morgan fingerprint density at radius 3 is 2.50 bits per heavy atom. The van der Waals surface area contributed by atoms with Crippen molar-refractivity contribution in [3.8, 4) is 11.5 Å². The fraction of sp³-hybridized carbons (Fsp3) is 0.190. The van der Waals surface area contributed by atoms with Crippen molar-refractivity contribution in [3.05, 3.63) is 66.1 Å². The highest BCUT2D eigenvalue weighted by Gasteiger charge is 2.11. The molecular formula is C21H22N4O3. The maximum Gasteiger partial charge on any atom is 0.275 e. The third-order valence-corrected chi connectivity index (χ3v) is 4.20. The molecule has 0 radical (unpaired) electrons. The minimum atomic E-state index is -0.304. The van der Waals surface area contributed by atoms with Gasteiger partial charge in [0.2, 0.25) is 0 Å². The van der Waals surface area contributed by atoms with Gasteiger partial charge in [-0.05, 0) is 30.2 Å². The zero-order valence-electron chi connectivity index (χ0n) is 16.0. The summed E-state index contributed by atoms with van der Waals surface area (Å²) >= 11 is 0. The number of benzene rings is 2. The molecule has 3 rings (SSSR count). The molecule has 2 N–H and O–H groups in total. The lowest BCUT2D eigenvalue weighted by molar-refractivity contribution is 0.102. The van der Waals surface area contributed by atoms with Crippen LogP contribution < -0.4 is 20.1 Å². The minimum Gasteiger partial charge on any atom is -0.497 e. The predicted octanol–water partition coefficient (Wildman–Crippen LogP) is 4.05. The van der Waals surface area contributed by atoms with Crippen LogP contribution in [-0.2, 0) is 6.42 Å². The van der Waals surface area contributed by atoms with Crippen LogP contribution in [0, 0.1) is 0 Å². The SMILES string of the molecule is CCc1ccccc1NC(=O)c1cnc(Nc2ccc(OC)cc2OC)cn1. The normalized spacial score (nSPS) is 10.2. The van der Waals surface area contributed by atoms with Gasteiger partial charge in [-0.1, -0.05) is 25.1 Å². The largest absolute Gasteiger partial charge is 0.497 e. The van der Waals surface area contributed by atoms with Crippen molar-refractivity contribution in [2.75, 3.05) is 24.9 Å². The number of para-hydroxylation sites is 1. The van der Waals surface area contributed by atoms with Crippen LogP contribution in [0.3, 0.4) is 0 Å². The molecule has 0 saturated heterocycles. The molecule has 0 bridgehead atoms. The van der Waals surface area contributed by atoms with E-state index in [1.165, 1.54) is 12.4 Å². The van der Waals surface area contributed by atoms with Gasteiger partial charge in [-0.3, -0.25) is 4.79 Å². The monoisotopic (exact) mass is 378 g/mol. The third kappa shape index (κ3) is 4.37. The smallest absolute Gasteiger partial charge is 0.275 e. The van der Waals surface area contributed by atoms with Gasteiger partial charge < -0.3 is 20.1 Å². The molecule has 28 heavy (non-hydrogen) atoms. The molecule has 7 nitrogen and oxygen atoms in total. The van der Waals surface area contributed by atoms with E-state index in [0.29, 0.717) is 23.0 Å². The zero-order valence-corrected chi connectivity index (χ0v) is 16.0. The van der Waals surface area contributed by atoms with Gasteiger partial charge >= 0.3 is 0 Å². The van der Waals surface area contributed by atoms with Crippen molar-refractivity contribution in [1.29, 1.82) is 0 Å². The van der Waals surface area contributed by atoms with Gasteiger partial charge in [0.15, 0.2) is 0 Å². The minimum absolute atomic E-state index is 0.234. The Bertz CT molecular complexity index is 958. The maximum atomic E-state index is 12.5. The fourth-order valence-electron chi connectivity index (χ4n) is 2.69. The number of hydrogen-bond acceptors (Lipinski definition) is 6. The van der Waals surface area contributed by atoms with Gasteiger partial charge in [-0.15, -0.1) is 0 Å². The summed E-state index contributed by atoms with van der Waals surface area (Å²) < 4.78 is 10.5. The molecule has 1 aromatic heterocycles. The highest BCUT2D eigenvalue weighted by Crippen LogP contribution is 2.30. The molecule has 0 aliphatic carbocycles. The number of hydrogen-bond donors (Lipinski definition) is 2. The number of methoxy groups -OCH3 is 2. The van der Waals surface area contributed by atoms with Gasteiger partial charge in [-0.25, -0.2) is 9.97 Å². The van der Waals surface area contributed by atoms with Crippen LogP contribution in [-0.4, -0.2) is 30.1 Å². The second kappa shape index (κ2) is 8.85. The van der Waals surface area contributed by atoms with Crippen LogP contribution in [0.2, 0.25) is 0 Å². The molecule has 2 aromatic carbocycles. The molecule has 7 heteroatoms. The number of aryl methyl sites for hydroxylation is 1. The fourth-order valence-corrected chi connectivity index (χ4v) is 2.69. The summed E-state index contributed by atoms with van der Waals surface area (Å²) in [5, 5.41) is 6.01. The number of nitrogens with one attached hydrogen (secondary N) is 2. The molecule has 1 amide bonds. The van der Waals surface area contributed by atoms with E-state index in [1.807, 2.05) is 43.3 Å². The molecule has 144 valence electrons. The Hall–Kier alpha value is -3.61. The molecule has 3 aromatic rings. The van der Waals surface area contributed by atoms with E-state index in [-0.39, 0.29) is 11.6 Å². The number of aromatic nitrogens is 2. The van der Waals surface area contributed by atoms with E-state index in [2.05, 4.69) is 20.6 Å². The first-order valence-electron chi connectivity index (χ1n) is 8.85. The summed E-state index contributed by atoms with van der Waals surface area (Å²) in [7, 11) is 3.17. The van der Waals surface area contributed by atoms with E-state index in [0.717, 1.165) is 17.7 Å². The van der Waals surface area contributed by atoms with Gasteiger partial charge in [0.05, 0.1) is 32.3 Å². The summed E-state index contributed by atoms with van der Waals surface area (Å²) in [6, 6.07) is 13.1. The Labute approximate surface area is 163 Å². The number of ether oxygens (including phenoxy) is 2. The molecule has 0 fully saturated rings. The Morgan fingerprint density at radius 1 is 1.00 bits per heavy atom. The van der Waals surface area contributed by atoms with Crippen molar-refractivity contribution in [1.82, 2.24) is 9.97 Å². The van der Waals surface area contributed by atoms with E-state index in [9.17, 15) is 4.79 Å². The first kappa shape index (κ1) is 19.2. The van der Waals surface area contributed by atoms with Gasteiger partial charge in [0.1, 0.15) is 23.0 Å². The van der Waals surface area contributed by atoms with Crippen LogP contribution in [0.4, 0.5) is 17.2 Å². The number of anilines is 3. The van der Waals surface area contributed by atoms with Crippen LogP contribution in [0.5, 0.6) is 11.5 Å². The molecular weight excluding hydrogens is 356 g/mol. The Kier molecular flexibility index (Phi) is 6.06. The second-order valence-corrected chi connectivity index (χ2v) is 5.94. The lowest BCUT2D eigenvalue weighted by atomic mass is 10.1. The zero-order chi connectivity index (χ0) is 19.9. The topological polar surface area (TPSA) is 85.4 Å². The average molecular weight is 378 g/mol. The molecule has 0 atom stereocenters. The van der Waals surface area contributed by atoms with Crippen molar-refractivity contribution < 1.29 is 14.3 Å². The van der Waals surface area contributed by atoms with E-state index >= 15 is 0 Å². The molecule has 0 unspecified atom stereocenters. The third-order valence-electron chi connectivity index (χ3n) is 4.20. The first-order chi connectivity index (χ1) is 13.6. The molecule has 0 aliphatic rings. The van der Waals surface area contributed by atoms with Crippen molar-refractivity contribution in [2.24, 2.45) is 0 Å². The summed E-state index contributed by atoms with van der Waals surface area (Å²) in [6.07, 6.45) is 3.77. The Morgan fingerprint density at radius 2 is 1.82 bits per heavy atom. The second-order valence-electron chi connectivity index (χ2n) is 5.94. The van der Waals surface area contributed by atoms with Gasteiger partial charge in [0, 0.05) is 11.8 Å². The lowest BCUT2D eigenvalue weighted by Crippen LogP contribution is -2.15. The van der Waals surface area contributed by atoms with Gasteiger partial charge in [0.25, 0.3) is 5.91 Å². The summed E-state index contributed by atoms with van der Waals surface area (Å²) in [4.78, 5) is 20.9. The summed E-state index contributed by atoms with van der Waals surface area (Å²) in [5.74, 6) is 1.49. The standard InChI is InChI=1S/C21H22N4O3/c1-4-14-7-5-6-8-16(14)25-21(26)18-12-23-20(13-22-18)24-17-10-9-15(27-2)11-19(17)28-3/h5-13H,4H2,1-3H3,(H,23,24)(H,25,26). The predicted molar refractivity (Wildman–Crippen MR) is 109 cm³/mol. The number of carbonyl (C=O) groups is 1. The Balaban J connectivity index is 1.72. The van der Waals surface area contributed by atoms with E-state index < -0.39 is 0 Å². The quantitative estimate of drug-likeness (QED) is 0.645. The van der Waals surface area contributed by atoms with Crippen molar-refractivity contribution in [2.45, 2.75) is 13.3 Å². The molecule has 1 heterocycles. The number of rotatable bonds is 7. The highest BCUT2D eigenvalue weighted by atomic mass is 16.5.